The summed E-state index contributed by atoms with van der Waals surface area (Å²) in [5, 5.41) is 10.7. The van der Waals surface area contributed by atoms with Gasteiger partial charge in [0.25, 0.3) is 5.91 Å². The highest BCUT2D eigenvalue weighted by Crippen LogP contribution is 2.22. The number of aromatic nitrogens is 3. The number of fused-ring (bicyclic) bond motifs is 1. The van der Waals surface area contributed by atoms with E-state index in [1.54, 1.807) is 6.07 Å². The van der Waals surface area contributed by atoms with E-state index < -0.39 is 0 Å². The molecule has 102 valence electrons. The number of nitrogens with one attached hydrogen (secondary N) is 3. The number of rotatable bonds is 2. The minimum absolute atomic E-state index is 0.156. The molecule has 0 aliphatic heterocycles. The lowest BCUT2D eigenvalue weighted by Gasteiger charge is -2.02. The maximum absolute atomic E-state index is 12.2. The first-order valence-corrected chi connectivity index (χ1v) is 6.47. The van der Waals surface area contributed by atoms with Crippen molar-refractivity contribution in [1.29, 1.82) is 0 Å². The third-order valence-corrected chi connectivity index (χ3v) is 3.52. The van der Waals surface area contributed by atoms with Crippen LogP contribution in [0.5, 0.6) is 0 Å². The molecule has 0 unspecified atom stereocenters. The standard InChI is InChI=1S/C15H16N4O/c1-8-6-14(19-18-8)17-15(20)11-4-5-13-12(7-11)9(2)10(3)16-13/h4-7,16H,1-3H3,(H2,17,18,19,20). The summed E-state index contributed by atoms with van der Waals surface area (Å²) in [6, 6.07) is 7.44. The van der Waals surface area contributed by atoms with Gasteiger partial charge in [0.05, 0.1) is 0 Å². The van der Waals surface area contributed by atoms with Gasteiger partial charge in [0, 0.05) is 33.9 Å². The van der Waals surface area contributed by atoms with E-state index in [1.807, 2.05) is 39.0 Å². The maximum Gasteiger partial charge on any atom is 0.256 e. The molecule has 0 atom stereocenters. The predicted molar refractivity (Wildman–Crippen MR) is 79.1 cm³/mol. The van der Waals surface area contributed by atoms with Crippen molar-refractivity contribution in [3.63, 3.8) is 0 Å². The Hall–Kier alpha value is -2.56. The molecule has 2 heterocycles. The molecule has 0 spiro atoms. The summed E-state index contributed by atoms with van der Waals surface area (Å²) < 4.78 is 0. The Labute approximate surface area is 116 Å². The Kier molecular flexibility index (Phi) is 2.82. The van der Waals surface area contributed by atoms with Crippen LogP contribution >= 0.6 is 0 Å². The zero-order valence-electron chi connectivity index (χ0n) is 11.7. The number of aryl methyl sites for hydroxylation is 3. The van der Waals surface area contributed by atoms with E-state index in [9.17, 15) is 4.79 Å². The van der Waals surface area contributed by atoms with Crippen LogP contribution in [-0.2, 0) is 0 Å². The van der Waals surface area contributed by atoms with Gasteiger partial charge in [0.15, 0.2) is 5.82 Å². The quantitative estimate of drug-likeness (QED) is 0.668. The lowest BCUT2D eigenvalue weighted by atomic mass is 10.1. The SMILES string of the molecule is Cc1cc(NC(=O)c2ccc3[nH]c(C)c(C)c3c2)n[nH]1. The fraction of sp³-hybridized carbons (Fsp3) is 0.200. The zero-order chi connectivity index (χ0) is 14.3. The van der Waals surface area contributed by atoms with Crippen LogP contribution in [0.25, 0.3) is 10.9 Å². The summed E-state index contributed by atoms with van der Waals surface area (Å²) in [5.74, 6) is 0.381. The summed E-state index contributed by atoms with van der Waals surface area (Å²) in [6.45, 7) is 5.97. The molecule has 5 heteroatoms. The van der Waals surface area contributed by atoms with E-state index in [-0.39, 0.29) is 5.91 Å². The number of aromatic amines is 2. The third kappa shape index (κ3) is 2.07. The van der Waals surface area contributed by atoms with Gasteiger partial charge in [-0.2, -0.15) is 5.10 Å². The summed E-state index contributed by atoms with van der Waals surface area (Å²) >= 11 is 0. The van der Waals surface area contributed by atoms with Crippen molar-refractivity contribution in [1.82, 2.24) is 15.2 Å². The second kappa shape index (κ2) is 4.52. The highest BCUT2D eigenvalue weighted by molar-refractivity contribution is 6.06. The number of benzene rings is 1. The summed E-state index contributed by atoms with van der Waals surface area (Å²) in [7, 11) is 0. The first kappa shape index (κ1) is 12.5. The van der Waals surface area contributed by atoms with Crippen molar-refractivity contribution < 1.29 is 4.79 Å². The number of H-pyrrole nitrogens is 2. The number of carbonyl (C=O) groups is 1. The number of carbonyl (C=O) groups excluding carboxylic acids is 1. The topological polar surface area (TPSA) is 73.6 Å². The van der Waals surface area contributed by atoms with Crippen LogP contribution in [0, 0.1) is 20.8 Å². The van der Waals surface area contributed by atoms with Gasteiger partial charge in [-0.05, 0) is 44.5 Å². The molecule has 1 amide bonds. The molecule has 0 saturated carbocycles. The smallest absolute Gasteiger partial charge is 0.256 e. The Bertz CT molecular complexity index is 797. The van der Waals surface area contributed by atoms with Gasteiger partial charge in [-0.3, -0.25) is 9.89 Å². The number of amides is 1. The molecule has 0 aliphatic rings. The third-order valence-electron chi connectivity index (χ3n) is 3.52. The molecule has 3 rings (SSSR count). The van der Waals surface area contributed by atoms with Crippen molar-refractivity contribution in [2.45, 2.75) is 20.8 Å². The fourth-order valence-corrected chi connectivity index (χ4v) is 2.27. The van der Waals surface area contributed by atoms with Crippen molar-refractivity contribution in [2.75, 3.05) is 5.32 Å². The zero-order valence-corrected chi connectivity index (χ0v) is 11.7. The van der Waals surface area contributed by atoms with Crippen LogP contribution in [0.2, 0.25) is 0 Å². The molecule has 1 aromatic carbocycles. The number of anilines is 1. The van der Waals surface area contributed by atoms with E-state index in [2.05, 4.69) is 20.5 Å². The second-order valence-corrected chi connectivity index (χ2v) is 5.03. The van der Waals surface area contributed by atoms with Crippen LogP contribution in [0.3, 0.4) is 0 Å². The van der Waals surface area contributed by atoms with Gasteiger partial charge in [-0.25, -0.2) is 0 Å². The molecule has 0 bridgehead atoms. The summed E-state index contributed by atoms with van der Waals surface area (Å²) in [4.78, 5) is 15.5. The van der Waals surface area contributed by atoms with Crippen LogP contribution in [0.15, 0.2) is 24.3 Å². The summed E-state index contributed by atoms with van der Waals surface area (Å²) in [5.41, 5.74) is 4.88. The van der Waals surface area contributed by atoms with E-state index in [0.29, 0.717) is 11.4 Å². The van der Waals surface area contributed by atoms with Gasteiger partial charge < -0.3 is 10.3 Å². The van der Waals surface area contributed by atoms with Crippen LogP contribution in [-0.4, -0.2) is 21.1 Å². The van der Waals surface area contributed by atoms with Gasteiger partial charge in [0.2, 0.25) is 0 Å². The minimum atomic E-state index is -0.156. The molecule has 0 aliphatic carbocycles. The molecule has 0 saturated heterocycles. The first-order chi connectivity index (χ1) is 9.54. The van der Waals surface area contributed by atoms with Gasteiger partial charge in [0.1, 0.15) is 0 Å². The van der Waals surface area contributed by atoms with E-state index in [4.69, 9.17) is 0 Å². The van der Waals surface area contributed by atoms with Crippen LogP contribution in [0.4, 0.5) is 5.82 Å². The van der Waals surface area contributed by atoms with Crippen molar-refractivity contribution in [3.8, 4) is 0 Å². The largest absolute Gasteiger partial charge is 0.358 e. The molecular weight excluding hydrogens is 252 g/mol. The second-order valence-electron chi connectivity index (χ2n) is 5.03. The van der Waals surface area contributed by atoms with Crippen molar-refractivity contribution in [3.05, 3.63) is 46.8 Å². The van der Waals surface area contributed by atoms with Crippen LogP contribution in [0.1, 0.15) is 27.3 Å². The Morgan fingerprint density at radius 2 is 2.00 bits per heavy atom. The minimum Gasteiger partial charge on any atom is -0.358 e. The Morgan fingerprint density at radius 1 is 1.20 bits per heavy atom. The molecule has 20 heavy (non-hydrogen) atoms. The first-order valence-electron chi connectivity index (χ1n) is 6.47. The highest BCUT2D eigenvalue weighted by Gasteiger charge is 2.11. The molecule has 3 aromatic rings. The van der Waals surface area contributed by atoms with Crippen LogP contribution < -0.4 is 5.32 Å². The molecular formula is C15H16N4O. The lowest BCUT2D eigenvalue weighted by molar-refractivity contribution is 0.102. The molecule has 0 radical (unpaired) electrons. The molecule has 2 aromatic heterocycles. The number of nitrogens with zero attached hydrogens (tertiary/aromatic N) is 1. The van der Waals surface area contributed by atoms with Gasteiger partial charge in [-0.15, -0.1) is 0 Å². The fourth-order valence-electron chi connectivity index (χ4n) is 2.27. The van der Waals surface area contributed by atoms with Crippen molar-refractivity contribution >= 4 is 22.6 Å². The van der Waals surface area contributed by atoms with Gasteiger partial charge in [-0.1, -0.05) is 0 Å². The number of hydrogen-bond acceptors (Lipinski definition) is 2. The van der Waals surface area contributed by atoms with E-state index >= 15 is 0 Å². The van der Waals surface area contributed by atoms with Gasteiger partial charge >= 0.3 is 0 Å². The number of hydrogen-bond donors (Lipinski definition) is 3. The van der Waals surface area contributed by atoms with Crippen molar-refractivity contribution in [2.24, 2.45) is 0 Å². The van der Waals surface area contributed by atoms with E-state index in [0.717, 1.165) is 22.3 Å². The molecule has 0 fully saturated rings. The van der Waals surface area contributed by atoms with E-state index in [1.165, 1.54) is 5.56 Å². The molecule has 5 nitrogen and oxygen atoms in total. The predicted octanol–water partition coefficient (Wildman–Crippen LogP) is 3.07. The normalized spacial score (nSPS) is 10.9. The molecule has 3 N–H and O–H groups in total. The lowest BCUT2D eigenvalue weighted by Crippen LogP contribution is -2.12. The summed E-state index contributed by atoms with van der Waals surface area (Å²) in [6.07, 6.45) is 0. The average Bonchev–Trinajstić information content (AvgIpc) is 2.94. The Morgan fingerprint density at radius 3 is 2.70 bits per heavy atom. The average molecular weight is 268 g/mol. The Balaban J connectivity index is 1.93. The monoisotopic (exact) mass is 268 g/mol. The maximum atomic E-state index is 12.2. The highest BCUT2D eigenvalue weighted by atomic mass is 16.1.